The van der Waals surface area contributed by atoms with Crippen molar-refractivity contribution in [3.05, 3.63) is 112 Å². The molecule has 0 spiro atoms. The van der Waals surface area contributed by atoms with E-state index in [9.17, 15) is 44.3 Å². The Kier molecular flexibility index (Phi) is 13.6. The Hall–Kier alpha value is -4.23. The molecule has 0 amide bonds. The van der Waals surface area contributed by atoms with Crippen molar-refractivity contribution in [3.63, 3.8) is 0 Å². The SMILES string of the molecule is C/C=C(/Cl)C=C1C(=NCCCS(=O)(=O)O)N=C(/C=C/C(=C/C=C2/N(CCCS(=O)(=O)O)c3ccc(S(=O)(=O)O)cc3C2(C)C)c2ccc(C(=O)O)cc2)C1(C)C. The fraction of sp³-hybridized carbons (Fsp3) is 0.342. The van der Waals surface area contributed by atoms with E-state index in [1.807, 2.05) is 32.6 Å². The minimum absolute atomic E-state index is 0.0283. The van der Waals surface area contributed by atoms with Crippen LogP contribution in [0, 0.1) is 5.41 Å². The van der Waals surface area contributed by atoms with Crippen LogP contribution in [0.3, 0.4) is 0 Å². The van der Waals surface area contributed by atoms with Crippen molar-refractivity contribution in [2.75, 3.05) is 29.5 Å². The van der Waals surface area contributed by atoms with Crippen LogP contribution in [-0.4, -0.2) is 86.1 Å². The minimum atomic E-state index is -4.55. The number of allylic oxidation sites excluding steroid dienone is 9. The Morgan fingerprint density at radius 2 is 1.50 bits per heavy atom. The number of carbonyl (C=O) groups is 1. The van der Waals surface area contributed by atoms with Gasteiger partial charge in [-0.15, -0.1) is 0 Å². The summed E-state index contributed by atoms with van der Waals surface area (Å²) in [6, 6.07) is 10.3. The summed E-state index contributed by atoms with van der Waals surface area (Å²) in [5, 5.41) is 9.96. The van der Waals surface area contributed by atoms with Crippen LogP contribution in [0.1, 0.15) is 68.9 Å². The van der Waals surface area contributed by atoms with Gasteiger partial charge < -0.3 is 10.0 Å². The molecule has 18 heteroatoms. The number of anilines is 1. The Morgan fingerprint density at radius 1 is 0.893 bits per heavy atom. The highest BCUT2D eigenvalue weighted by molar-refractivity contribution is 7.86. The topological polar surface area (TPSA) is 228 Å². The molecule has 0 atom stereocenters. The number of aromatic carboxylic acids is 1. The molecule has 2 aliphatic heterocycles. The molecule has 2 aromatic carbocycles. The molecular formula is C38H44ClN3O11S3. The molecule has 4 N–H and O–H groups in total. The zero-order valence-corrected chi connectivity index (χ0v) is 34.5. The van der Waals surface area contributed by atoms with Gasteiger partial charge in [0.2, 0.25) is 0 Å². The van der Waals surface area contributed by atoms with Gasteiger partial charge in [-0.05, 0) is 85.0 Å². The second kappa shape index (κ2) is 17.1. The zero-order chi connectivity index (χ0) is 41.9. The summed E-state index contributed by atoms with van der Waals surface area (Å²) < 4.78 is 98.3. The number of carboxylic acid groups (broad SMARTS) is 1. The van der Waals surface area contributed by atoms with E-state index in [-0.39, 0.29) is 36.4 Å². The molecule has 0 aromatic heterocycles. The zero-order valence-electron chi connectivity index (χ0n) is 31.3. The molecular weight excluding hydrogens is 806 g/mol. The molecule has 0 saturated carbocycles. The summed E-state index contributed by atoms with van der Waals surface area (Å²) in [6.45, 7) is 9.47. The van der Waals surface area contributed by atoms with E-state index in [2.05, 4.69) is 4.99 Å². The molecule has 2 heterocycles. The first-order chi connectivity index (χ1) is 25.8. The largest absolute Gasteiger partial charge is 0.478 e. The van der Waals surface area contributed by atoms with Crippen LogP contribution >= 0.6 is 11.6 Å². The van der Waals surface area contributed by atoms with E-state index in [0.29, 0.717) is 50.2 Å². The standard InChI is InChI=1S/C38H44ClN3O11S3/c1-6-28(39)23-31-35(40-19-7-21-54(45,46)47)41-33(37(31,2)3)17-13-26(25-9-11-27(12-10-25)36(43)44)14-18-34-38(4,5)30-24-29(56(51,52)53)15-16-32(30)42(34)20-8-22-55(48,49)50/h6,9-18,23-24H,7-8,19-22H2,1-5H3,(H,43,44)(H,45,46,47)(H,48,49,50)(H,51,52,53)/b17-13+,26-14-,28-6+,31-23?,34-18+,40-35?. The number of nitrogens with zero attached hydrogens (tertiary/aromatic N) is 3. The maximum Gasteiger partial charge on any atom is 0.335 e. The average molecular weight is 850 g/mol. The Labute approximate surface area is 332 Å². The highest BCUT2D eigenvalue weighted by Crippen LogP contribution is 2.48. The van der Waals surface area contributed by atoms with E-state index in [0.717, 1.165) is 0 Å². The first-order valence-electron chi connectivity index (χ1n) is 17.3. The van der Waals surface area contributed by atoms with Crippen molar-refractivity contribution in [1.82, 2.24) is 0 Å². The number of rotatable bonds is 15. The first kappa shape index (κ1) is 44.5. The van der Waals surface area contributed by atoms with Crippen molar-refractivity contribution in [1.29, 1.82) is 0 Å². The number of aliphatic imine (C=N–C) groups is 2. The molecule has 0 bridgehead atoms. The molecule has 0 saturated heterocycles. The molecule has 56 heavy (non-hydrogen) atoms. The van der Waals surface area contributed by atoms with Crippen LogP contribution in [0.25, 0.3) is 5.57 Å². The lowest BCUT2D eigenvalue weighted by molar-refractivity contribution is 0.0696. The van der Waals surface area contributed by atoms with Gasteiger partial charge in [0.1, 0.15) is 0 Å². The fourth-order valence-corrected chi connectivity index (χ4v) is 7.95. The van der Waals surface area contributed by atoms with Crippen molar-refractivity contribution in [3.8, 4) is 0 Å². The molecule has 0 radical (unpaired) electrons. The van der Waals surface area contributed by atoms with Gasteiger partial charge in [-0.25, -0.2) is 9.79 Å². The van der Waals surface area contributed by atoms with Gasteiger partial charge in [0, 0.05) is 45.9 Å². The third-order valence-corrected chi connectivity index (χ3v) is 12.2. The van der Waals surface area contributed by atoms with E-state index < -0.39 is 58.7 Å². The number of hydrogen-bond acceptors (Lipinski definition) is 9. The van der Waals surface area contributed by atoms with Gasteiger partial charge in [0.05, 0.1) is 27.7 Å². The van der Waals surface area contributed by atoms with Crippen LogP contribution < -0.4 is 4.90 Å². The third kappa shape index (κ3) is 11.0. The number of fused-ring (bicyclic) bond motifs is 1. The molecule has 2 aromatic rings. The van der Waals surface area contributed by atoms with Crippen molar-refractivity contribution in [2.24, 2.45) is 15.4 Å². The van der Waals surface area contributed by atoms with Crippen molar-refractivity contribution < 1.29 is 48.8 Å². The van der Waals surface area contributed by atoms with Crippen LogP contribution in [0.5, 0.6) is 0 Å². The lowest BCUT2D eigenvalue weighted by Gasteiger charge is -2.27. The highest BCUT2D eigenvalue weighted by atomic mass is 35.5. The molecule has 0 unspecified atom stereocenters. The van der Waals surface area contributed by atoms with E-state index in [1.54, 1.807) is 55.5 Å². The maximum absolute atomic E-state index is 12.1. The van der Waals surface area contributed by atoms with E-state index in [1.165, 1.54) is 30.3 Å². The summed E-state index contributed by atoms with van der Waals surface area (Å²) in [5.41, 5.74) is 2.63. The number of hydrogen-bond donors (Lipinski definition) is 4. The van der Waals surface area contributed by atoms with Crippen LogP contribution in [0.15, 0.2) is 110 Å². The summed E-state index contributed by atoms with van der Waals surface area (Å²) >= 11 is 6.41. The Morgan fingerprint density at radius 3 is 2.07 bits per heavy atom. The summed E-state index contributed by atoms with van der Waals surface area (Å²) in [7, 11) is -13.0. The Bertz CT molecular complexity index is 2440. The number of halogens is 1. The van der Waals surface area contributed by atoms with Gasteiger partial charge in [-0.3, -0.25) is 18.7 Å². The fourth-order valence-electron chi connectivity index (χ4n) is 6.35. The van der Waals surface area contributed by atoms with Gasteiger partial charge in [0.25, 0.3) is 30.4 Å². The first-order valence-corrected chi connectivity index (χ1v) is 22.3. The quantitative estimate of drug-likeness (QED) is 0.0828. The van der Waals surface area contributed by atoms with Crippen LogP contribution in [0.2, 0.25) is 0 Å². The lowest BCUT2D eigenvalue weighted by Crippen LogP contribution is -2.28. The molecule has 302 valence electrons. The highest BCUT2D eigenvalue weighted by Gasteiger charge is 2.41. The minimum Gasteiger partial charge on any atom is -0.478 e. The number of carboxylic acids is 1. The second-order valence-corrected chi connectivity index (χ2v) is 19.2. The predicted molar refractivity (Wildman–Crippen MR) is 219 cm³/mol. The molecule has 0 aliphatic carbocycles. The summed E-state index contributed by atoms with van der Waals surface area (Å²) in [5.74, 6) is -1.77. The van der Waals surface area contributed by atoms with Gasteiger partial charge >= 0.3 is 5.97 Å². The molecule has 0 fully saturated rings. The van der Waals surface area contributed by atoms with Crippen molar-refractivity contribution in [2.45, 2.75) is 57.8 Å². The predicted octanol–water partition coefficient (Wildman–Crippen LogP) is 6.76. The van der Waals surface area contributed by atoms with E-state index in [4.69, 9.17) is 21.1 Å². The third-order valence-electron chi connectivity index (χ3n) is 9.41. The average Bonchev–Trinajstić information content (AvgIpc) is 3.45. The smallest absolute Gasteiger partial charge is 0.335 e. The number of benzene rings is 2. The van der Waals surface area contributed by atoms with Crippen LogP contribution in [-0.2, 0) is 35.8 Å². The monoisotopic (exact) mass is 849 g/mol. The normalized spacial score (nSPS) is 19.7. The molecule has 4 rings (SSSR count). The number of amidine groups is 1. The van der Waals surface area contributed by atoms with Crippen LogP contribution in [0.4, 0.5) is 5.69 Å². The lowest BCUT2D eigenvalue weighted by atomic mass is 9.80. The van der Waals surface area contributed by atoms with Gasteiger partial charge in [-0.1, -0.05) is 69.7 Å². The summed E-state index contributed by atoms with van der Waals surface area (Å²) in [4.78, 5) is 22.5. The molecule has 14 nitrogen and oxygen atoms in total. The van der Waals surface area contributed by atoms with Gasteiger partial charge in [0.15, 0.2) is 5.84 Å². The maximum atomic E-state index is 12.1. The Balaban J connectivity index is 1.88. The summed E-state index contributed by atoms with van der Waals surface area (Å²) in [6.07, 6.45) is 10.6. The molecule has 2 aliphatic rings. The van der Waals surface area contributed by atoms with E-state index >= 15 is 0 Å². The van der Waals surface area contributed by atoms with Gasteiger partial charge in [-0.2, -0.15) is 25.3 Å². The van der Waals surface area contributed by atoms with Crippen molar-refractivity contribution >= 4 is 70.7 Å². The second-order valence-electron chi connectivity index (χ2n) is 14.2.